The number of thiazole rings is 1. The zero-order chi connectivity index (χ0) is 13.9. The molecule has 0 aliphatic carbocycles. The molecular weight excluding hydrogens is 276 g/mol. The Morgan fingerprint density at radius 2 is 2.30 bits per heavy atom. The molecule has 0 unspecified atom stereocenters. The second-order valence-corrected chi connectivity index (χ2v) is 5.31. The summed E-state index contributed by atoms with van der Waals surface area (Å²) in [5.74, 6) is 0.796. The second-order valence-electron chi connectivity index (χ2n) is 4.36. The van der Waals surface area contributed by atoms with Crippen LogP contribution >= 0.6 is 11.3 Å². The molecule has 2 heterocycles. The highest BCUT2D eigenvalue weighted by Crippen LogP contribution is 2.30. The average molecular weight is 290 g/mol. The minimum Gasteiger partial charge on any atom is -0.496 e. The van der Waals surface area contributed by atoms with Gasteiger partial charge in [-0.1, -0.05) is 12.1 Å². The first kappa shape index (κ1) is 12.9. The van der Waals surface area contributed by atoms with E-state index in [2.05, 4.69) is 4.98 Å². The van der Waals surface area contributed by atoms with E-state index < -0.39 is 0 Å². The Balaban J connectivity index is 1.81. The van der Waals surface area contributed by atoms with Gasteiger partial charge in [-0.25, -0.2) is 9.78 Å². The Labute approximate surface area is 120 Å². The first-order valence-corrected chi connectivity index (χ1v) is 7.15. The molecule has 1 aliphatic heterocycles. The van der Waals surface area contributed by atoms with Crippen LogP contribution in [0, 0.1) is 0 Å². The molecule has 1 saturated heterocycles. The number of amides is 1. The van der Waals surface area contributed by atoms with Crippen LogP contribution in [0.4, 0.5) is 4.79 Å². The number of ether oxygens (including phenoxy) is 2. The van der Waals surface area contributed by atoms with Crippen molar-refractivity contribution in [1.82, 2.24) is 9.88 Å². The Hall–Kier alpha value is -2.08. The summed E-state index contributed by atoms with van der Waals surface area (Å²) < 4.78 is 10.2. The van der Waals surface area contributed by atoms with Crippen molar-refractivity contribution in [2.75, 3.05) is 20.3 Å². The highest BCUT2D eigenvalue weighted by Gasteiger charge is 2.23. The molecule has 0 spiro atoms. The Morgan fingerprint density at radius 3 is 3.05 bits per heavy atom. The van der Waals surface area contributed by atoms with E-state index in [9.17, 15) is 4.79 Å². The van der Waals surface area contributed by atoms with Crippen LogP contribution in [0.5, 0.6) is 5.75 Å². The summed E-state index contributed by atoms with van der Waals surface area (Å²) in [6.45, 7) is 1.59. The van der Waals surface area contributed by atoms with E-state index in [1.54, 1.807) is 12.0 Å². The lowest BCUT2D eigenvalue weighted by Crippen LogP contribution is -2.23. The normalized spacial score (nSPS) is 14.4. The van der Waals surface area contributed by atoms with Crippen LogP contribution in [-0.4, -0.2) is 36.2 Å². The summed E-state index contributed by atoms with van der Waals surface area (Å²) in [6, 6.07) is 7.76. The molecule has 3 rings (SSSR count). The van der Waals surface area contributed by atoms with Gasteiger partial charge in [-0.3, -0.25) is 4.90 Å². The zero-order valence-electron chi connectivity index (χ0n) is 11.0. The number of carbonyl (C=O) groups is 1. The van der Waals surface area contributed by atoms with Crippen LogP contribution in [0.25, 0.3) is 11.3 Å². The number of hydrogen-bond donors (Lipinski definition) is 0. The van der Waals surface area contributed by atoms with Crippen molar-refractivity contribution in [1.29, 1.82) is 0 Å². The maximum Gasteiger partial charge on any atom is 0.410 e. The first-order valence-electron chi connectivity index (χ1n) is 6.27. The van der Waals surface area contributed by atoms with Crippen molar-refractivity contribution in [2.24, 2.45) is 0 Å². The topological polar surface area (TPSA) is 51.7 Å². The largest absolute Gasteiger partial charge is 0.496 e. The fourth-order valence-electron chi connectivity index (χ4n) is 2.10. The van der Waals surface area contributed by atoms with Gasteiger partial charge in [-0.15, -0.1) is 11.3 Å². The molecule has 2 aromatic rings. The number of hydrogen-bond acceptors (Lipinski definition) is 5. The Morgan fingerprint density at radius 1 is 1.45 bits per heavy atom. The summed E-state index contributed by atoms with van der Waals surface area (Å²) in [5.41, 5.74) is 1.83. The molecule has 1 aromatic heterocycles. The summed E-state index contributed by atoms with van der Waals surface area (Å²) in [5, 5.41) is 2.87. The number of nitrogens with zero attached hydrogens (tertiary/aromatic N) is 2. The SMILES string of the molecule is COc1ccccc1-c1csc(CN2CCOC2=O)n1. The summed E-state index contributed by atoms with van der Waals surface area (Å²) in [7, 11) is 1.65. The number of aromatic nitrogens is 1. The number of benzene rings is 1. The Bertz CT molecular complexity index is 626. The molecule has 104 valence electrons. The van der Waals surface area contributed by atoms with Gasteiger partial charge in [0, 0.05) is 10.9 Å². The average Bonchev–Trinajstić information content (AvgIpc) is 3.09. The monoisotopic (exact) mass is 290 g/mol. The highest BCUT2D eigenvalue weighted by atomic mass is 32.1. The molecule has 6 heteroatoms. The van der Waals surface area contributed by atoms with Crippen molar-refractivity contribution >= 4 is 17.4 Å². The molecule has 1 aromatic carbocycles. The van der Waals surface area contributed by atoms with Gasteiger partial charge in [-0.2, -0.15) is 0 Å². The minimum atomic E-state index is -0.265. The van der Waals surface area contributed by atoms with Gasteiger partial charge in [0.1, 0.15) is 17.4 Å². The van der Waals surface area contributed by atoms with E-state index in [4.69, 9.17) is 9.47 Å². The third kappa shape index (κ3) is 2.46. The van der Waals surface area contributed by atoms with Crippen LogP contribution < -0.4 is 4.74 Å². The number of para-hydroxylation sites is 1. The number of carbonyl (C=O) groups excluding carboxylic acids is 1. The zero-order valence-corrected chi connectivity index (χ0v) is 11.9. The molecule has 0 atom stereocenters. The lowest BCUT2D eigenvalue weighted by atomic mass is 10.1. The van der Waals surface area contributed by atoms with Crippen LogP contribution in [0.1, 0.15) is 5.01 Å². The van der Waals surface area contributed by atoms with Crippen LogP contribution in [0.2, 0.25) is 0 Å². The molecular formula is C14H14N2O3S. The van der Waals surface area contributed by atoms with E-state index in [0.717, 1.165) is 22.0 Å². The van der Waals surface area contributed by atoms with E-state index in [0.29, 0.717) is 19.7 Å². The lowest BCUT2D eigenvalue weighted by Gasteiger charge is -2.09. The van der Waals surface area contributed by atoms with Gasteiger partial charge in [0.05, 0.1) is 25.9 Å². The number of rotatable bonds is 4. The molecule has 5 nitrogen and oxygen atoms in total. The third-order valence-corrected chi connectivity index (χ3v) is 3.94. The van der Waals surface area contributed by atoms with Gasteiger partial charge in [0.25, 0.3) is 0 Å². The van der Waals surface area contributed by atoms with Gasteiger partial charge in [0.2, 0.25) is 0 Å². The van der Waals surface area contributed by atoms with E-state index in [1.807, 2.05) is 29.6 Å². The van der Waals surface area contributed by atoms with Crippen molar-refractivity contribution in [3.05, 3.63) is 34.7 Å². The smallest absolute Gasteiger partial charge is 0.410 e. The lowest BCUT2D eigenvalue weighted by molar-refractivity contribution is 0.157. The summed E-state index contributed by atoms with van der Waals surface area (Å²) in [4.78, 5) is 17.7. The van der Waals surface area contributed by atoms with Crippen LogP contribution in [0.15, 0.2) is 29.6 Å². The maximum absolute atomic E-state index is 11.4. The van der Waals surface area contributed by atoms with Crippen LogP contribution in [0.3, 0.4) is 0 Å². The molecule has 20 heavy (non-hydrogen) atoms. The van der Waals surface area contributed by atoms with Gasteiger partial charge in [-0.05, 0) is 12.1 Å². The number of cyclic esters (lactones) is 1. The van der Waals surface area contributed by atoms with E-state index in [1.165, 1.54) is 11.3 Å². The molecule has 1 fully saturated rings. The number of methoxy groups -OCH3 is 1. The highest BCUT2D eigenvalue weighted by molar-refractivity contribution is 7.09. The minimum absolute atomic E-state index is 0.265. The van der Waals surface area contributed by atoms with Gasteiger partial charge >= 0.3 is 6.09 Å². The first-order chi connectivity index (χ1) is 9.78. The molecule has 0 bridgehead atoms. The van der Waals surface area contributed by atoms with Crippen LogP contribution in [-0.2, 0) is 11.3 Å². The van der Waals surface area contributed by atoms with Crippen molar-refractivity contribution in [3.63, 3.8) is 0 Å². The van der Waals surface area contributed by atoms with E-state index in [-0.39, 0.29) is 6.09 Å². The second kappa shape index (κ2) is 5.50. The maximum atomic E-state index is 11.4. The predicted molar refractivity (Wildman–Crippen MR) is 75.9 cm³/mol. The van der Waals surface area contributed by atoms with Crippen molar-refractivity contribution < 1.29 is 14.3 Å². The standard InChI is InChI=1S/C14H14N2O3S/c1-18-12-5-3-2-4-10(12)11-9-20-13(15-11)8-16-6-7-19-14(16)17/h2-5,9H,6-8H2,1H3. The quantitative estimate of drug-likeness (QED) is 0.869. The molecule has 0 N–H and O–H groups in total. The molecule has 0 saturated carbocycles. The molecule has 1 aliphatic rings. The van der Waals surface area contributed by atoms with Gasteiger partial charge in [0.15, 0.2) is 0 Å². The fraction of sp³-hybridized carbons (Fsp3) is 0.286. The Kier molecular flexibility index (Phi) is 3.56. The summed E-state index contributed by atoms with van der Waals surface area (Å²) >= 11 is 1.54. The predicted octanol–water partition coefficient (Wildman–Crippen LogP) is 2.77. The fourth-order valence-corrected chi connectivity index (χ4v) is 2.90. The van der Waals surface area contributed by atoms with E-state index >= 15 is 0 Å². The molecule has 1 amide bonds. The third-order valence-electron chi connectivity index (χ3n) is 3.11. The summed E-state index contributed by atoms with van der Waals surface area (Å²) in [6.07, 6.45) is -0.265. The molecule has 0 radical (unpaired) electrons. The van der Waals surface area contributed by atoms with Crippen molar-refractivity contribution in [3.8, 4) is 17.0 Å². The van der Waals surface area contributed by atoms with Gasteiger partial charge < -0.3 is 9.47 Å². The van der Waals surface area contributed by atoms with Crippen molar-refractivity contribution in [2.45, 2.75) is 6.54 Å².